The summed E-state index contributed by atoms with van der Waals surface area (Å²) < 4.78 is 16.1. The molecule has 0 aliphatic rings. The SMILES string of the molecule is CCOC(=O)c1c(NC(=O)CCCOc2ccc(OC)cc2)sc(C)c1-c1ccccc1. The Balaban J connectivity index is 1.65. The lowest BCUT2D eigenvalue weighted by Crippen LogP contribution is -2.15. The third kappa shape index (κ3) is 5.88. The molecular formula is C25H27NO5S. The van der Waals surface area contributed by atoms with Crippen LogP contribution >= 0.6 is 11.3 Å². The minimum absolute atomic E-state index is 0.172. The fraction of sp³-hybridized carbons (Fsp3) is 0.280. The van der Waals surface area contributed by atoms with Gasteiger partial charge in [-0.05, 0) is 50.1 Å². The number of ether oxygens (including phenoxy) is 3. The monoisotopic (exact) mass is 453 g/mol. The Morgan fingerprint density at radius 2 is 1.69 bits per heavy atom. The molecule has 6 nitrogen and oxygen atoms in total. The zero-order valence-electron chi connectivity index (χ0n) is 18.5. The van der Waals surface area contributed by atoms with E-state index < -0.39 is 5.97 Å². The van der Waals surface area contributed by atoms with Crippen molar-refractivity contribution < 1.29 is 23.8 Å². The summed E-state index contributed by atoms with van der Waals surface area (Å²) in [5.41, 5.74) is 2.12. The van der Waals surface area contributed by atoms with Crippen LogP contribution in [0.2, 0.25) is 0 Å². The van der Waals surface area contributed by atoms with Crippen molar-refractivity contribution >= 4 is 28.2 Å². The Labute approximate surface area is 192 Å². The second kappa shape index (κ2) is 11.3. The predicted octanol–water partition coefficient (Wildman–Crippen LogP) is 5.71. The highest BCUT2D eigenvalue weighted by Gasteiger charge is 2.25. The Hall–Kier alpha value is -3.32. The maximum atomic E-state index is 12.7. The maximum Gasteiger partial charge on any atom is 0.341 e. The molecule has 0 radical (unpaired) electrons. The number of rotatable bonds is 10. The molecule has 0 aliphatic carbocycles. The lowest BCUT2D eigenvalue weighted by atomic mass is 10.0. The van der Waals surface area contributed by atoms with Crippen molar-refractivity contribution in [2.24, 2.45) is 0 Å². The van der Waals surface area contributed by atoms with E-state index in [0.717, 1.165) is 27.5 Å². The third-order valence-electron chi connectivity index (χ3n) is 4.76. The summed E-state index contributed by atoms with van der Waals surface area (Å²) in [6.07, 6.45) is 0.818. The number of esters is 1. The van der Waals surface area contributed by atoms with Crippen LogP contribution in [-0.4, -0.2) is 32.2 Å². The number of anilines is 1. The minimum Gasteiger partial charge on any atom is -0.497 e. The van der Waals surface area contributed by atoms with Crippen molar-refractivity contribution in [3.63, 3.8) is 0 Å². The molecule has 1 amide bonds. The molecule has 0 spiro atoms. The molecular weight excluding hydrogens is 426 g/mol. The van der Waals surface area contributed by atoms with Crippen LogP contribution in [0.1, 0.15) is 35.0 Å². The number of carbonyl (C=O) groups excluding carboxylic acids is 2. The molecule has 0 atom stereocenters. The Bertz CT molecular complexity index is 1040. The number of carbonyl (C=O) groups is 2. The smallest absolute Gasteiger partial charge is 0.341 e. The van der Waals surface area contributed by atoms with Gasteiger partial charge in [-0.15, -0.1) is 11.3 Å². The predicted molar refractivity (Wildman–Crippen MR) is 127 cm³/mol. The molecule has 0 saturated heterocycles. The molecule has 0 unspecified atom stereocenters. The number of benzene rings is 2. The van der Waals surface area contributed by atoms with Gasteiger partial charge in [0.1, 0.15) is 22.1 Å². The summed E-state index contributed by atoms with van der Waals surface area (Å²) in [4.78, 5) is 26.2. The zero-order valence-corrected chi connectivity index (χ0v) is 19.3. The van der Waals surface area contributed by atoms with Gasteiger partial charge in [0.2, 0.25) is 5.91 Å². The van der Waals surface area contributed by atoms with Crippen molar-refractivity contribution in [3.8, 4) is 22.6 Å². The number of thiophene rings is 1. The van der Waals surface area contributed by atoms with Crippen molar-refractivity contribution in [2.45, 2.75) is 26.7 Å². The molecule has 1 heterocycles. The number of amides is 1. The molecule has 3 rings (SSSR count). The molecule has 0 fully saturated rings. The van der Waals surface area contributed by atoms with E-state index in [0.29, 0.717) is 23.6 Å². The molecule has 1 aromatic heterocycles. The Morgan fingerprint density at radius 1 is 1.00 bits per heavy atom. The molecule has 7 heteroatoms. The van der Waals surface area contributed by atoms with Crippen molar-refractivity contribution in [2.75, 3.05) is 25.6 Å². The summed E-state index contributed by atoms with van der Waals surface area (Å²) in [5, 5.41) is 3.42. The van der Waals surface area contributed by atoms with Gasteiger partial charge in [-0.1, -0.05) is 30.3 Å². The molecule has 0 aliphatic heterocycles. The zero-order chi connectivity index (χ0) is 22.9. The largest absolute Gasteiger partial charge is 0.497 e. The van der Waals surface area contributed by atoms with Gasteiger partial charge in [-0.25, -0.2) is 4.79 Å². The van der Waals surface area contributed by atoms with Crippen molar-refractivity contribution in [1.82, 2.24) is 0 Å². The standard InChI is InChI=1S/C25H27NO5S/c1-4-30-25(28)23-22(18-9-6-5-7-10-18)17(2)32-24(23)26-21(27)11-8-16-31-20-14-12-19(29-3)13-15-20/h5-7,9-10,12-15H,4,8,11,16H2,1-3H3,(H,26,27). The van der Waals surface area contributed by atoms with E-state index in [1.807, 2.05) is 61.5 Å². The van der Waals surface area contributed by atoms with E-state index in [4.69, 9.17) is 14.2 Å². The highest BCUT2D eigenvalue weighted by molar-refractivity contribution is 7.17. The van der Waals surface area contributed by atoms with Gasteiger partial charge >= 0.3 is 5.97 Å². The molecule has 3 aromatic rings. The number of nitrogens with one attached hydrogen (secondary N) is 1. The first-order valence-corrected chi connectivity index (χ1v) is 11.3. The Kier molecular flexibility index (Phi) is 8.27. The summed E-state index contributed by atoms with van der Waals surface area (Å²) in [6.45, 7) is 4.37. The number of aryl methyl sites for hydroxylation is 1. The summed E-state index contributed by atoms with van der Waals surface area (Å²) in [5.74, 6) is 0.871. The van der Waals surface area contributed by atoms with Gasteiger partial charge in [-0.3, -0.25) is 4.79 Å². The van der Waals surface area contributed by atoms with E-state index in [1.165, 1.54) is 11.3 Å². The van der Waals surface area contributed by atoms with Gasteiger partial charge in [0.05, 0.1) is 20.3 Å². The summed E-state index contributed by atoms with van der Waals surface area (Å²) in [6, 6.07) is 16.9. The van der Waals surface area contributed by atoms with Crippen LogP contribution in [-0.2, 0) is 9.53 Å². The van der Waals surface area contributed by atoms with Gasteiger partial charge in [0.15, 0.2) is 0 Å². The lowest BCUT2D eigenvalue weighted by Gasteiger charge is -2.10. The second-order valence-corrected chi connectivity index (χ2v) is 8.22. The maximum absolute atomic E-state index is 12.7. The molecule has 2 aromatic carbocycles. The van der Waals surface area contributed by atoms with E-state index in [-0.39, 0.29) is 18.9 Å². The highest BCUT2D eigenvalue weighted by Crippen LogP contribution is 2.40. The van der Waals surface area contributed by atoms with Crippen molar-refractivity contribution in [3.05, 3.63) is 65.0 Å². The van der Waals surface area contributed by atoms with Crippen LogP contribution in [0.5, 0.6) is 11.5 Å². The number of hydrogen-bond acceptors (Lipinski definition) is 6. The molecule has 1 N–H and O–H groups in total. The third-order valence-corrected chi connectivity index (χ3v) is 5.78. The average Bonchev–Trinajstić information content (AvgIpc) is 3.13. The van der Waals surface area contributed by atoms with Gasteiger partial charge in [0, 0.05) is 16.9 Å². The van der Waals surface area contributed by atoms with E-state index in [9.17, 15) is 9.59 Å². The van der Waals surface area contributed by atoms with Crippen LogP contribution in [0.25, 0.3) is 11.1 Å². The molecule has 168 valence electrons. The van der Waals surface area contributed by atoms with E-state index >= 15 is 0 Å². The normalized spacial score (nSPS) is 10.5. The number of hydrogen-bond donors (Lipinski definition) is 1. The summed E-state index contributed by atoms with van der Waals surface area (Å²) in [7, 11) is 1.61. The first-order valence-electron chi connectivity index (χ1n) is 10.5. The summed E-state index contributed by atoms with van der Waals surface area (Å²) >= 11 is 1.38. The highest BCUT2D eigenvalue weighted by atomic mass is 32.1. The van der Waals surface area contributed by atoms with Gasteiger partial charge < -0.3 is 19.5 Å². The fourth-order valence-corrected chi connectivity index (χ4v) is 4.35. The first kappa shape index (κ1) is 23.3. The van der Waals surface area contributed by atoms with Crippen LogP contribution in [0.4, 0.5) is 5.00 Å². The fourth-order valence-electron chi connectivity index (χ4n) is 3.27. The second-order valence-electron chi connectivity index (χ2n) is 7.00. The topological polar surface area (TPSA) is 73.9 Å². The molecule has 0 bridgehead atoms. The van der Waals surface area contributed by atoms with E-state index in [1.54, 1.807) is 14.0 Å². The Morgan fingerprint density at radius 3 is 2.34 bits per heavy atom. The molecule has 32 heavy (non-hydrogen) atoms. The quantitative estimate of drug-likeness (QED) is 0.315. The first-order chi connectivity index (χ1) is 15.5. The number of methoxy groups -OCH3 is 1. The van der Waals surface area contributed by atoms with Crippen LogP contribution < -0.4 is 14.8 Å². The molecule has 0 saturated carbocycles. The lowest BCUT2D eigenvalue weighted by molar-refractivity contribution is -0.116. The van der Waals surface area contributed by atoms with Crippen molar-refractivity contribution in [1.29, 1.82) is 0 Å². The minimum atomic E-state index is -0.436. The van der Waals surface area contributed by atoms with Crippen LogP contribution in [0, 0.1) is 6.92 Å². The van der Waals surface area contributed by atoms with E-state index in [2.05, 4.69) is 5.32 Å². The van der Waals surface area contributed by atoms with Gasteiger partial charge in [-0.2, -0.15) is 0 Å². The van der Waals surface area contributed by atoms with Crippen LogP contribution in [0.15, 0.2) is 54.6 Å². The average molecular weight is 454 g/mol. The van der Waals surface area contributed by atoms with Crippen LogP contribution in [0.3, 0.4) is 0 Å². The van der Waals surface area contributed by atoms with Gasteiger partial charge in [0.25, 0.3) is 0 Å².